The quantitative estimate of drug-likeness (QED) is 0.806. The molecule has 7 heteroatoms. The fourth-order valence-electron chi connectivity index (χ4n) is 2.24. The molecule has 1 aromatic heterocycles. The Labute approximate surface area is 120 Å². The van der Waals surface area contributed by atoms with Crippen molar-refractivity contribution in [2.45, 2.75) is 6.92 Å². The zero-order valence-corrected chi connectivity index (χ0v) is 11.5. The maximum atomic E-state index is 12.0. The van der Waals surface area contributed by atoms with Gasteiger partial charge in [0.2, 0.25) is 5.95 Å². The highest BCUT2D eigenvalue weighted by Crippen LogP contribution is 2.26. The van der Waals surface area contributed by atoms with E-state index < -0.39 is 0 Å². The lowest BCUT2D eigenvalue weighted by atomic mass is 10.1. The van der Waals surface area contributed by atoms with E-state index in [1.807, 2.05) is 6.92 Å². The van der Waals surface area contributed by atoms with Crippen LogP contribution in [0.2, 0.25) is 0 Å². The summed E-state index contributed by atoms with van der Waals surface area (Å²) in [6.45, 7) is 1.81. The second-order valence-corrected chi connectivity index (χ2v) is 4.81. The Balaban J connectivity index is 1.95. The molecule has 0 saturated carbocycles. The summed E-state index contributed by atoms with van der Waals surface area (Å²) in [7, 11) is 1.46. The van der Waals surface area contributed by atoms with Crippen molar-refractivity contribution in [1.29, 1.82) is 0 Å². The number of benzene rings is 1. The van der Waals surface area contributed by atoms with Crippen LogP contribution in [0.3, 0.4) is 0 Å². The van der Waals surface area contributed by atoms with Gasteiger partial charge in [-0.15, -0.1) is 0 Å². The van der Waals surface area contributed by atoms with Gasteiger partial charge in [-0.25, -0.2) is 4.98 Å². The molecule has 21 heavy (non-hydrogen) atoms. The van der Waals surface area contributed by atoms with E-state index >= 15 is 0 Å². The van der Waals surface area contributed by atoms with E-state index in [9.17, 15) is 9.59 Å². The van der Waals surface area contributed by atoms with Crippen molar-refractivity contribution >= 4 is 29.3 Å². The lowest BCUT2D eigenvalue weighted by Gasteiger charge is -2.07. The number of fused-ring (bicyclic) bond motifs is 1. The molecule has 3 N–H and O–H groups in total. The standard InChI is InChI=1S/C14H13N5O2/c1-7-5-11(18-14(15)16-7)17-8-3-4-9-10(6-8)13(21)19(2)12(9)20/h3-6H,1-2H3,(H3,15,16,17,18). The molecule has 0 atom stereocenters. The molecule has 1 aliphatic rings. The van der Waals surface area contributed by atoms with E-state index in [0.717, 1.165) is 10.6 Å². The Morgan fingerprint density at radius 1 is 1.10 bits per heavy atom. The number of aromatic nitrogens is 2. The fraction of sp³-hybridized carbons (Fsp3) is 0.143. The summed E-state index contributed by atoms with van der Waals surface area (Å²) < 4.78 is 0. The van der Waals surface area contributed by atoms with Crippen molar-refractivity contribution in [3.05, 3.63) is 41.1 Å². The maximum Gasteiger partial charge on any atom is 0.261 e. The molecule has 3 rings (SSSR count). The summed E-state index contributed by atoms with van der Waals surface area (Å²) >= 11 is 0. The van der Waals surface area contributed by atoms with Crippen molar-refractivity contribution in [1.82, 2.24) is 14.9 Å². The summed E-state index contributed by atoms with van der Waals surface area (Å²) in [6.07, 6.45) is 0. The van der Waals surface area contributed by atoms with E-state index in [-0.39, 0.29) is 17.8 Å². The minimum atomic E-state index is -0.308. The number of nitrogens with zero attached hydrogens (tertiary/aromatic N) is 3. The van der Waals surface area contributed by atoms with Gasteiger partial charge in [-0.05, 0) is 25.1 Å². The zero-order chi connectivity index (χ0) is 15.1. The van der Waals surface area contributed by atoms with Crippen LogP contribution in [0.25, 0.3) is 0 Å². The van der Waals surface area contributed by atoms with Crippen LogP contribution in [0.5, 0.6) is 0 Å². The lowest BCUT2D eigenvalue weighted by Crippen LogP contribution is -2.24. The maximum absolute atomic E-state index is 12.0. The number of amides is 2. The van der Waals surface area contributed by atoms with E-state index in [1.54, 1.807) is 24.3 Å². The third-order valence-corrected chi connectivity index (χ3v) is 3.23. The van der Waals surface area contributed by atoms with Gasteiger partial charge in [0, 0.05) is 24.5 Å². The largest absolute Gasteiger partial charge is 0.368 e. The highest BCUT2D eigenvalue weighted by molar-refractivity contribution is 6.21. The molecule has 0 radical (unpaired) electrons. The number of nitrogens with one attached hydrogen (secondary N) is 1. The van der Waals surface area contributed by atoms with Gasteiger partial charge in [-0.1, -0.05) is 0 Å². The van der Waals surface area contributed by atoms with Crippen LogP contribution < -0.4 is 11.1 Å². The van der Waals surface area contributed by atoms with Crippen LogP contribution in [0, 0.1) is 6.92 Å². The van der Waals surface area contributed by atoms with Crippen LogP contribution >= 0.6 is 0 Å². The summed E-state index contributed by atoms with van der Waals surface area (Å²) in [4.78, 5) is 32.9. The van der Waals surface area contributed by atoms with Gasteiger partial charge in [-0.2, -0.15) is 4.98 Å². The molecule has 0 bridgehead atoms. The van der Waals surface area contributed by atoms with Crippen molar-refractivity contribution < 1.29 is 9.59 Å². The smallest absolute Gasteiger partial charge is 0.261 e. The van der Waals surface area contributed by atoms with Crippen LogP contribution in [-0.2, 0) is 0 Å². The minimum Gasteiger partial charge on any atom is -0.368 e. The number of nitrogen functional groups attached to an aromatic ring is 1. The number of anilines is 3. The zero-order valence-electron chi connectivity index (χ0n) is 11.5. The Bertz CT molecular complexity index is 752. The summed E-state index contributed by atoms with van der Waals surface area (Å²) in [5.41, 5.74) is 7.77. The number of hydrogen-bond acceptors (Lipinski definition) is 6. The molecule has 106 valence electrons. The van der Waals surface area contributed by atoms with Gasteiger partial charge < -0.3 is 11.1 Å². The molecule has 7 nitrogen and oxygen atoms in total. The predicted molar refractivity (Wildman–Crippen MR) is 77.3 cm³/mol. The highest BCUT2D eigenvalue weighted by Gasteiger charge is 2.32. The van der Waals surface area contributed by atoms with E-state index in [1.165, 1.54) is 7.05 Å². The molecule has 1 aromatic carbocycles. The van der Waals surface area contributed by atoms with Crippen molar-refractivity contribution in [2.75, 3.05) is 18.1 Å². The second kappa shape index (κ2) is 4.55. The third-order valence-electron chi connectivity index (χ3n) is 3.23. The number of imide groups is 1. The van der Waals surface area contributed by atoms with Gasteiger partial charge in [0.15, 0.2) is 0 Å². The van der Waals surface area contributed by atoms with Crippen molar-refractivity contribution in [3.8, 4) is 0 Å². The molecule has 2 aromatic rings. The second-order valence-electron chi connectivity index (χ2n) is 4.81. The summed E-state index contributed by atoms with van der Waals surface area (Å²) in [5, 5.41) is 3.05. The van der Waals surface area contributed by atoms with Gasteiger partial charge in [0.1, 0.15) is 5.82 Å². The van der Waals surface area contributed by atoms with Crippen LogP contribution in [-0.4, -0.2) is 33.7 Å². The molecule has 0 saturated heterocycles. The number of carbonyl (C=O) groups excluding carboxylic acids is 2. The summed E-state index contributed by atoms with van der Waals surface area (Å²) in [5.74, 6) is 0.107. The molecule has 1 aliphatic heterocycles. The topological polar surface area (TPSA) is 101 Å². The highest BCUT2D eigenvalue weighted by atomic mass is 16.2. The van der Waals surface area contributed by atoms with E-state index in [4.69, 9.17) is 5.73 Å². The lowest BCUT2D eigenvalue weighted by molar-refractivity contribution is 0.0693. The molecular formula is C14H13N5O2. The molecule has 0 spiro atoms. The molecule has 2 amide bonds. The van der Waals surface area contributed by atoms with Crippen LogP contribution in [0.1, 0.15) is 26.4 Å². The molecule has 0 fully saturated rings. The van der Waals surface area contributed by atoms with Crippen LogP contribution in [0.4, 0.5) is 17.5 Å². The average molecular weight is 283 g/mol. The van der Waals surface area contributed by atoms with Crippen molar-refractivity contribution in [2.24, 2.45) is 0 Å². The first-order valence-corrected chi connectivity index (χ1v) is 6.30. The average Bonchev–Trinajstić information content (AvgIpc) is 2.63. The Hall–Kier alpha value is -2.96. The molecule has 0 aliphatic carbocycles. The Morgan fingerprint density at radius 2 is 1.81 bits per heavy atom. The molecule has 2 heterocycles. The fourth-order valence-corrected chi connectivity index (χ4v) is 2.24. The van der Waals surface area contributed by atoms with Gasteiger partial charge in [-0.3, -0.25) is 14.5 Å². The monoisotopic (exact) mass is 283 g/mol. The number of hydrogen-bond donors (Lipinski definition) is 2. The number of aryl methyl sites for hydroxylation is 1. The Morgan fingerprint density at radius 3 is 2.52 bits per heavy atom. The Kier molecular flexibility index (Phi) is 2.83. The predicted octanol–water partition coefficient (Wildman–Crippen LogP) is 1.34. The first-order valence-electron chi connectivity index (χ1n) is 6.30. The van der Waals surface area contributed by atoms with E-state index in [0.29, 0.717) is 22.6 Å². The number of nitrogens with two attached hydrogens (primary N) is 1. The van der Waals surface area contributed by atoms with Crippen LogP contribution in [0.15, 0.2) is 24.3 Å². The van der Waals surface area contributed by atoms with E-state index in [2.05, 4.69) is 15.3 Å². The van der Waals surface area contributed by atoms with Gasteiger partial charge >= 0.3 is 0 Å². The summed E-state index contributed by atoms with van der Waals surface area (Å²) in [6, 6.07) is 6.71. The van der Waals surface area contributed by atoms with Gasteiger partial charge in [0.05, 0.1) is 11.1 Å². The normalized spacial score (nSPS) is 13.5. The molecular weight excluding hydrogens is 270 g/mol. The first-order chi connectivity index (χ1) is 9.95. The van der Waals surface area contributed by atoms with Gasteiger partial charge in [0.25, 0.3) is 11.8 Å². The minimum absolute atomic E-state index is 0.171. The third kappa shape index (κ3) is 2.18. The number of rotatable bonds is 2. The molecule has 0 unspecified atom stereocenters. The SMILES string of the molecule is Cc1cc(Nc2ccc3c(c2)C(=O)N(C)C3=O)nc(N)n1. The number of carbonyl (C=O) groups is 2. The van der Waals surface area contributed by atoms with Crippen molar-refractivity contribution in [3.63, 3.8) is 0 Å². The first kappa shape index (κ1) is 13.0.